The fourth-order valence-corrected chi connectivity index (χ4v) is 3.21. The fourth-order valence-electron chi connectivity index (χ4n) is 2.58. The van der Waals surface area contributed by atoms with Crippen molar-refractivity contribution in [1.82, 2.24) is 4.90 Å². The summed E-state index contributed by atoms with van der Waals surface area (Å²) in [6.07, 6.45) is 0. The molecule has 2 aromatic carbocycles. The Hall–Kier alpha value is -2.74. The summed E-state index contributed by atoms with van der Waals surface area (Å²) < 4.78 is 30.2. The van der Waals surface area contributed by atoms with Crippen molar-refractivity contribution < 1.29 is 27.9 Å². The highest BCUT2D eigenvalue weighted by Gasteiger charge is 2.34. The summed E-state index contributed by atoms with van der Waals surface area (Å²) in [4.78, 5) is 37.6. The summed E-state index contributed by atoms with van der Waals surface area (Å²) >= 11 is 0.252. The van der Waals surface area contributed by atoms with Crippen molar-refractivity contribution in [1.29, 1.82) is 0 Å². The van der Waals surface area contributed by atoms with Crippen molar-refractivity contribution in [3.8, 4) is 0 Å². The summed E-state index contributed by atoms with van der Waals surface area (Å²) in [5, 5.41) is 0. The van der Waals surface area contributed by atoms with Gasteiger partial charge in [0.1, 0.15) is 6.61 Å². The number of fused-ring (bicyclic) bond motifs is 1. The highest BCUT2D eigenvalue weighted by molar-refractivity contribution is 7.99. The van der Waals surface area contributed by atoms with Gasteiger partial charge in [-0.1, -0.05) is 36.0 Å². The summed E-state index contributed by atoms with van der Waals surface area (Å²) in [6, 6.07) is 12.3. The first-order chi connectivity index (χ1) is 12.5. The van der Waals surface area contributed by atoms with Gasteiger partial charge in [0.25, 0.3) is 17.6 Å². The van der Waals surface area contributed by atoms with Crippen LogP contribution < -0.4 is 0 Å². The summed E-state index contributed by atoms with van der Waals surface area (Å²) in [5.41, 5.74) is 0.630. The number of nitrogens with zero attached hydrogens (tertiary/aromatic N) is 1. The number of imide groups is 1. The average molecular weight is 377 g/mol. The third-order valence-electron chi connectivity index (χ3n) is 3.75. The molecule has 0 radical (unpaired) electrons. The van der Waals surface area contributed by atoms with E-state index in [0.29, 0.717) is 11.1 Å². The molecule has 0 atom stereocenters. The first-order valence-corrected chi connectivity index (χ1v) is 8.53. The van der Waals surface area contributed by atoms with Gasteiger partial charge in [0.05, 0.1) is 23.2 Å². The van der Waals surface area contributed by atoms with E-state index >= 15 is 0 Å². The minimum atomic E-state index is -2.66. The standard InChI is InChI=1S/C18H13F2NO4S/c19-18(20)26-14-8-4-3-7-13(14)17(24)25-10-9-21-15(22)11-5-1-2-6-12(11)16(21)23/h1-8,18H,9-10H2. The molecule has 0 N–H and O–H groups in total. The lowest BCUT2D eigenvalue weighted by molar-refractivity contribution is 0.0417. The molecule has 0 saturated heterocycles. The third-order valence-corrected chi connectivity index (χ3v) is 4.54. The number of hydrogen-bond donors (Lipinski definition) is 0. The second-order valence-corrected chi connectivity index (χ2v) is 6.35. The Morgan fingerprint density at radius 1 is 1.00 bits per heavy atom. The molecule has 0 saturated carbocycles. The normalized spacial score (nSPS) is 13.3. The maximum atomic E-state index is 12.6. The van der Waals surface area contributed by atoms with Gasteiger partial charge in [0, 0.05) is 4.90 Å². The summed E-state index contributed by atoms with van der Waals surface area (Å²) in [6.45, 7) is -0.333. The number of thioether (sulfide) groups is 1. The second kappa shape index (κ2) is 7.65. The number of alkyl halides is 2. The lowest BCUT2D eigenvalue weighted by atomic mass is 10.1. The van der Waals surface area contributed by atoms with E-state index in [-0.39, 0.29) is 35.4 Å². The van der Waals surface area contributed by atoms with Gasteiger partial charge in [0.2, 0.25) is 0 Å². The van der Waals surface area contributed by atoms with Crippen LogP contribution in [0.15, 0.2) is 53.4 Å². The van der Waals surface area contributed by atoms with Crippen LogP contribution in [-0.4, -0.2) is 41.6 Å². The SMILES string of the molecule is O=C(OCCN1C(=O)c2ccccc2C1=O)c1ccccc1SC(F)F. The molecule has 26 heavy (non-hydrogen) atoms. The Bertz CT molecular complexity index is 837. The Morgan fingerprint density at radius 2 is 1.58 bits per heavy atom. The van der Waals surface area contributed by atoms with E-state index in [1.54, 1.807) is 30.3 Å². The van der Waals surface area contributed by atoms with Crippen LogP contribution in [0.2, 0.25) is 0 Å². The van der Waals surface area contributed by atoms with Gasteiger partial charge in [-0.25, -0.2) is 4.79 Å². The van der Waals surface area contributed by atoms with Crippen molar-refractivity contribution >= 4 is 29.5 Å². The molecule has 0 unspecified atom stereocenters. The van der Waals surface area contributed by atoms with Crippen LogP contribution in [0, 0.1) is 0 Å². The van der Waals surface area contributed by atoms with Gasteiger partial charge in [0.15, 0.2) is 0 Å². The van der Waals surface area contributed by atoms with E-state index in [2.05, 4.69) is 0 Å². The van der Waals surface area contributed by atoms with Crippen LogP contribution in [0.4, 0.5) is 8.78 Å². The molecule has 1 aliphatic rings. The number of benzene rings is 2. The fraction of sp³-hybridized carbons (Fsp3) is 0.167. The van der Waals surface area contributed by atoms with Crippen molar-refractivity contribution in [2.24, 2.45) is 0 Å². The topological polar surface area (TPSA) is 63.7 Å². The molecule has 3 rings (SSSR count). The number of halogens is 2. The van der Waals surface area contributed by atoms with E-state index in [4.69, 9.17) is 4.74 Å². The van der Waals surface area contributed by atoms with E-state index < -0.39 is 23.5 Å². The minimum absolute atomic E-state index is 0.0140. The monoisotopic (exact) mass is 377 g/mol. The largest absolute Gasteiger partial charge is 0.460 e. The number of esters is 1. The highest BCUT2D eigenvalue weighted by atomic mass is 32.2. The van der Waals surface area contributed by atoms with E-state index in [0.717, 1.165) is 4.90 Å². The number of amides is 2. The first kappa shape index (κ1) is 18.1. The summed E-state index contributed by atoms with van der Waals surface area (Å²) in [5.74, 6) is -4.35. The van der Waals surface area contributed by atoms with Crippen molar-refractivity contribution in [2.45, 2.75) is 10.7 Å². The zero-order chi connectivity index (χ0) is 18.7. The molecule has 0 aliphatic carbocycles. The quantitative estimate of drug-likeness (QED) is 0.438. The zero-order valence-electron chi connectivity index (χ0n) is 13.4. The number of rotatable bonds is 6. The second-order valence-electron chi connectivity index (χ2n) is 5.32. The lowest BCUT2D eigenvalue weighted by Crippen LogP contribution is -2.33. The molecule has 2 amide bonds. The molecular weight excluding hydrogens is 364 g/mol. The maximum Gasteiger partial charge on any atom is 0.339 e. The van der Waals surface area contributed by atoms with Crippen LogP contribution in [0.3, 0.4) is 0 Å². The van der Waals surface area contributed by atoms with Crippen molar-refractivity contribution in [2.75, 3.05) is 13.2 Å². The predicted octanol–water partition coefficient (Wildman–Crippen LogP) is 3.45. The van der Waals surface area contributed by atoms with Gasteiger partial charge < -0.3 is 4.74 Å². The molecule has 1 aliphatic heterocycles. The molecule has 0 bridgehead atoms. The molecule has 5 nitrogen and oxygen atoms in total. The lowest BCUT2D eigenvalue weighted by Gasteiger charge is -2.14. The van der Waals surface area contributed by atoms with Crippen molar-refractivity contribution in [3.05, 3.63) is 65.2 Å². The molecule has 0 aromatic heterocycles. The van der Waals surface area contributed by atoms with Crippen LogP contribution in [0.25, 0.3) is 0 Å². The van der Waals surface area contributed by atoms with Gasteiger partial charge in [-0.05, 0) is 24.3 Å². The van der Waals surface area contributed by atoms with Gasteiger partial charge in [-0.3, -0.25) is 14.5 Å². The Kier molecular flexibility index (Phi) is 5.32. The number of carbonyl (C=O) groups is 3. The molecular formula is C18H13F2NO4S. The van der Waals surface area contributed by atoms with Gasteiger partial charge in [-0.15, -0.1) is 0 Å². The van der Waals surface area contributed by atoms with E-state index in [9.17, 15) is 23.2 Å². The summed E-state index contributed by atoms with van der Waals surface area (Å²) in [7, 11) is 0. The Balaban J connectivity index is 1.62. The van der Waals surface area contributed by atoms with Crippen LogP contribution in [-0.2, 0) is 4.74 Å². The maximum absolute atomic E-state index is 12.6. The molecule has 8 heteroatoms. The van der Waals surface area contributed by atoms with Gasteiger partial charge in [-0.2, -0.15) is 8.78 Å². The predicted molar refractivity (Wildman–Crippen MR) is 90.4 cm³/mol. The van der Waals surface area contributed by atoms with Crippen molar-refractivity contribution in [3.63, 3.8) is 0 Å². The number of carbonyl (C=O) groups excluding carboxylic acids is 3. The van der Waals surface area contributed by atoms with Crippen LogP contribution in [0.1, 0.15) is 31.1 Å². The van der Waals surface area contributed by atoms with Gasteiger partial charge >= 0.3 is 5.97 Å². The van der Waals surface area contributed by atoms with E-state index in [1.165, 1.54) is 18.2 Å². The van der Waals surface area contributed by atoms with E-state index in [1.807, 2.05) is 0 Å². The minimum Gasteiger partial charge on any atom is -0.460 e. The molecule has 2 aromatic rings. The Morgan fingerprint density at radius 3 is 2.19 bits per heavy atom. The number of hydrogen-bond acceptors (Lipinski definition) is 5. The molecule has 0 fully saturated rings. The molecule has 1 heterocycles. The molecule has 0 spiro atoms. The average Bonchev–Trinajstić information content (AvgIpc) is 2.87. The zero-order valence-corrected chi connectivity index (χ0v) is 14.2. The Labute approximate surface area is 151 Å². The first-order valence-electron chi connectivity index (χ1n) is 7.65. The third kappa shape index (κ3) is 3.60. The van der Waals surface area contributed by atoms with Crippen LogP contribution >= 0.6 is 11.8 Å². The highest BCUT2D eigenvalue weighted by Crippen LogP contribution is 2.29. The number of ether oxygens (including phenoxy) is 1. The van der Waals surface area contributed by atoms with Crippen LogP contribution in [0.5, 0.6) is 0 Å². The smallest absolute Gasteiger partial charge is 0.339 e. The molecule has 134 valence electrons.